The van der Waals surface area contributed by atoms with Gasteiger partial charge in [0.05, 0.1) is 6.54 Å². The van der Waals surface area contributed by atoms with Gasteiger partial charge in [-0.05, 0) is 16.7 Å². The van der Waals surface area contributed by atoms with Crippen LogP contribution < -0.4 is 11.1 Å². The Morgan fingerprint density at radius 1 is 1.05 bits per heavy atom. The molecule has 0 spiro atoms. The molecule has 1 aliphatic rings. The number of cyclic esters (lactones) is 1. The maximum absolute atomic E-state index is 11.3. The molecule has 20 heavy (non-hydrogen) atoms. The first-order valence-corrected chi connectivity index (χ1v) is 6.56. The van der Waals surface area contributed by atoms with Crippen molar-refractivity contribution in [3.05, 3.63) is 60.2 Å². The van der Waals surface area contributed by atoms with Crippen LogP contribution in [-0.4, -0.2) is 19.2 Å². The smallest absolute Gasteiger partial charge is 0.408 e. The van der Waals surface area contributed by atoms with Crippen molar-refractivity contribution < 1.29 is 9.53 Å². The lowest BCUT2D eigenvalue weighted by atomic mass is 9.92. The third kappa shape index (κ3) is 2.14. The fourth-order valence-electron chi connectivity index (χ4n) is 2.45. The number of ether oxygens (including phenoxy) is 1. The number of nitrogens with one attached hydrogen (secondary N) is 1. The van der Waals surface area contributed by atoms with Crippen LogP contribution in [0.15, 0.2) is 54.6 Å². The van der Waals surface area contributed by atoms with Gasteiger partial charge in [-0.1, -0.05) is 54.6 Å². The molecule has 2 aromatic carbocycles. The van der Waals surface area contributed by atoms with Gasteiger partial charge < -0.3 is 15.8 Å². The Labute approximate surface area is 117 Å². The average Bonchev–Trinajstić information content (AvgIpc) is 2.91. The van der Waals surface area contributed by atoms with Crippen LogP contribution >= 0.6 is 0 Å². The van der Waals surface area contributed by atoms with Crippen molar-refractivity contribution in [2.24, 2.45) is 5.73 Å². The van der Waals surface area contributed by atoms with Crippen LogP contribution in [0.4, 0.5) is 4.79 Å². The second-order valence-electron chi connectivity index (χ2n) is 4.88. The Bertz CT molecular complexity index is 610. The monoisotopic (exact) mass is 268 g/mol. The number of alkyl carbamates (subject to hydrolysis) is 1. The van der Waals surface area contributed by atoms with E-state index in [2.05, 4.69) is 17.4 Å². The zero-order valence-electron chi connectivity index (χ0n) is 11.0. The molecule has 0 radical (unpaired) electrons. The van der Waals surface area contributed by atoms with Crippen LogP contribution in [0, 0.1) is 0 Å². The highest BCUT2D eigenvalue weighted by molar-refractivity contribution is 5.71. The Morgan fingerprint density at radius 2 is 1.70 bits per heavy atom. The summed E-state index contributed by atoms with van der Waals surface area (Å²) in [7, 11) is 0. The molecule has 2 aromatic rings. The number of amides is 1. The van der Waals surface area contributed by atoms with E-state index in [0.717, 1.165) is 16.7 Å². The summed E-state index contributed by atoms with van der Waals surface area (Å²) in [6.45, 7) is 0.670. The predicted molar refractivity (Wildman–Crippen MR) is 77.1 cm³/mol. The molecule has 0 aromatic heterocycles. The standard InChI is InChI=1S/C16H16N2O2/c17-10-16(11-18-15(19)20-16)14-8-6-13(7-9-14)12-4-2-1-3-5-12/h1-9H,10-11,17H2,(H,18,19). The van der Waals surface area contributed by atoms with Crippen molar-refractivity contribution in [3.8, 4) is 11.1 Å². The molecule has 4 nitrogen and oxygen atoms in total. The Morgan fingerprint density at radius 3 is 2.25 bits per heavy atom. The number of hydrogen-bond acceptors (Lipinski definition) is 3. The van der Waals surface area contributed by atoms with Crippen molar-refractivity contribution in [2.75, 3.05) is 13.1 Å². The highest BCUT2D eigenvalue weighted by Crippen LogP contribution is 2.30. The summed E-state index contributed by atoms with van der Waals surface area (Å²) in [5.74, 6) is 0. The van der Waals surface area contributed by atoms with E-state index in [-0.39, 0.29) is 6.54 Å². The molecule has 3 N–H and O–H groups in total. The number of carbonyl (C=O) groups excluding carboxylic acids is 1. The van der Waals surface area contributed by atoms with E-state index in [1.165, 1.54) is 0 Å². The molecule has 102 valence electrons. The van der Waals surface area contributed by atoms with Gasteiger partial charge in [-0.25, -0.2) is 4.79 Å². The van der Waals surface area contributed by atoms with Crippen LogP contribution in [0.1, 0.15) is 5.56 Å². The number of nitrogens with two attached hydrogens (primary N) is 1. The molecular formula is C16H16N2O2. The minimum absolute atomic E-state index is 0.260. The van der Waals surface area contributed by atoms with Crippen LogP contribution in [0.25, 0.3) is 11.1 Å². The first-order chi connectivity index (χ1) is 9.73. The zero-order chi connectivity index (χ0) is 14.0. The molecule has 3 rings (SSSR count). The normalized spacial score (nSPS) is 21.4. The topological polar surface area (TPSA) is 64.3 Å². The highest BCUT2D eigenvalue weighted by atomic mass is 16.6. The van der Waals surface area contributed by atoms with Crippen molar-refractivity contribution in [1.29, 1.82) is 0 Å². The molecule has 4 heteroatoms. The number of hydrogen-bond donors (Lipinski definition) is 2. The molecule has 1 saturated heterocycles. The lowest BCUT2D eigenvalue weighted by Crippen LogP contribution is -2.38. The summed E-state index contributed by atoms with van der Waals surface area (Å²) < 4.78 is 5.35. The maximum atomic E-state index is 11.3. The van der Waals surface area contributed by atoms with Gasteiger partial charge in [0, 0.05) is 6.54 Å². The Balaban J connectivity index is 1.92. The molecule has 1 heterocycles. The van der Waals surface area contributed by atoms with Crippen molar-refractivity contribution in [3.63, 3.8) is 0 Å². The summed E-state index contributed by atoms with van der Waals surface area (Å²) in [5.41, 5.74) is 8.24. The van der Waals surface area contributed by atoms with E-state index in [4.69, 9.17) is 10.5 Å². The fourth-order valence-corrected chi connectivity index (χ4v) is 2.45. The summed E-state index contributed by atoms with van der Waals surface area (Å²) in [6, 6.07) is 18.1. The first-order valence-electron chi connectivity index (χ1n) is 6.56. The Hall–Kier alpha value is -2.33. The van der Waals surface area contributed by atoms with Gasteiger partial charge in [0.25, 0.3) is 0 Å². The van der Waals surface area contributed by atoms with Crippen LogP contribution in [0.5, 0.6) is 0 Å². The summed E-state index contributed by atoms with van der Waals surface area (Å²) in [4.78, 5) is 11.3. The van der Waals surface area contributed by atoms with Crippen LogP contribution in [0.2, 0.25) is 0 Å². The minimum atomic E-state index is -0.744. The fraction of sp³-hybridized carbons (Fsp3) is 0.188. The van der Waals surface area contributed by atoms with Gasteiger partial charge in [-0.2, -0.15) is 0 Å². The van der Waals surface area contributed by atoms with E-state index in [1.54, 1.807) is 0 Å². The zero-order valence-corrected chi connectivity index (χ0v) is 11.0. The van der Waals surface area contributed by atoms with E-state index in [0.29, 0.717) is 6.54 Å². The van der Waals surface area contributed by atoms with Crippen molar-refractivity contribution in [2.45, 2.75) is 5.60 Å². The van der Waals surface area contributed by atoms with Gasteiger partial charge in [0.2, 0.25) is 0 Å². The van der Waals surface area contributed by atoms with Gasteiger partial charge >= 0.3 is 6.09 Å². The molecule has 1 fully saturated rings. The molecule has 1 amide bonds. The third-order valence-corrected chi connectivity index (χ3v) is 3.65. The first kappa shape index (κ1) is 12.7. The largest absolute Gasteiger partial charge is 0.435 e. The second-order valence-corrected chi connectivity index (χ2v) is 4.88. The quantitative estimate of drug-likeness (QED) is 0.897. The summed E-state index contributed by atoms with van der Waals surface area (Å²) >= 11 is 0. The van der Waals surface area contributed by atoms with E-state index in [9.17, 15) is 4.79 Å². The van der Waals surface area contributed by atoms with E-state index in [1.807, 2.05) is 42.5 Å². The minimum Gasteiger partial charge on any atom is -0.435 e. The SMILES string of the molecule is NCC1(c2ccc(-c3ccccc3)cc2)CNC(=O)O1. The Kier molecular flexibility index (Phi) is 3.16. The van der Waals surface area contributed by atoms with Gasteiger partial charge in [-0.3, -0.25) is 0 Å². The molecular weight excluding hydrogens is 252 g/mol. The molecule has 0 aliphatic carbocycles. The third-order valence-electron chi connectivity index (χ3n) is 3.65. The molecule has 1 aliphatic heterocycles. The van der Waals surface area contributed by atoms with Crippen molar-refractivity contribution >= 4 is 6.09 Å². The lowest BCUT2D eigenvalue weighted by molar-refractivity contribution is 0.0617. The van der Waals surface area contributed by atoms with Crippen LogP contribution in [0.3, 0.4) is 0 Å². The lowest BCUT2D eigenvalue weighted by Gasteiger charge is -2.25. The predicted octanol–water partition coefficient (Wildman–Crippen LogP) is 2.25. The van der Waals surface area contributed by atoms with Gasteiger partial charge in [0.1, 0.15) is 0 Å². The van der Waals surface area contributed by atoms with E-state index >= 15 is 0 Å². The summed E-state index contributed by atoms with van der Waals surface area (Å²) in [6.07, 6.45) is -0.414. The van der Waals surface area contributed by atoms with Crippen molar-refractivity contribution in [1.82, 2.24) is 5.32 Å². The molecule has 1 atom stereocenters. The maximum Gasteiger partial charge on any atom is 0.408 e. The van der Waals surface area contributed by atoms with Gasteiger partial charge in [0.15, 0.2) is 5.60 Å². The summed E-state index contributed by atoms with van der Waals surface area (Å²) in [5, 5.41) is 2.66. The second kappa shape index (κ2) is 4.98. The van der Waals surface area contributed by atoms with Crippen LogP contribution in [-0.2, 0) is 10.3 Å². The van der Waals surface area contributed by atoms with E-state index < -0.39 is 11.7 Å². The number of carbonyl (C=O) groups is 1. The molecule has 0 saturated carbocycles. The molecule has 1 unspecified atom stereocenters. The number of rotatable bonds is 3. The molecule has 0 bridgehead atoms. The number of benzene rings is 2. The average molecular weight is 268 g/mol. The van der Waals surface area contributed by atoms with Gasteiger partial charge in [-0.15, -0.1) is 0 Å². The highest BCUT2D eigenvalue weighted by Gasteiger charge is 2.40.